The third kappa shape index (κ3) is 6.67. The monoisotopic (exact) mass is 666 g/mol. The van der Waals surface area contributed by atoms with Gasteiger partial charge in [-0.25, -0.2) is 19.9 Å². The summed E-state index contributed by atoms with van der Waals surface area (Å²) in [6, 6.07) is 6.77. The van der Waals surface area contributed by atoms with Crippen LogP contribution in [-0.4, -0.2) is 78.1 Å². The fourth-order valence-electron chi connectivity index (χ4n) is 5.80. The molecule has 0 unspecified atom stereocenters. The minimum atomic E-state index is -2.19. The zero-order chi connectivity index (χ0) is 34.3. The summed E-state index contributed by atoms with van der Waals surface area (Å²) in [5.74, 6) is -0.0125. The lowest BCUT2D eigenvalue weighted by Crippen LogP contribution is -2.49. The molecular weight excluding hydrogens is 620 g/mol. The van der Waals surface area contributed by atoms with Crippen LogP contribution in [0.3, 0.4) is 0 Å². The van der Waals surface area contributed by atoms with E-state index in [1.807, 2.05) is 20.8 Å². The molecule has 0 aliphatic carbocycles. The highest BCUT2D eigenvalue weighted by molar-refractivity contribution is 6.74. The van der Waals surface area contributed by atoms with Crippen LogP contribution in [0.25, 0.3) is 22.1 Å². The van der Waals surface area contributed by atoms with Crippen LogP contribution in [0.4, 0.5) is 0 Å². The molecule has 0 bridgehead atoms. The van der Waals surface area contributed by atoms with Gasteiger partial charge in [-0.15, -0.1) is 0 Å². The number of hydrogen-bond acceptors (Lipinski definition) is 11. The van der Waals surface area contributed by atoms with Crippen molar-refractivity contribution in [3.05, 3.63) is 70.0 Å². The van der Waals surface area contributed by atoms with E-state index in [4.69, 9.17) is 13.9 Å². The Kier molecular flexibility index (Phi) is 10.1. The third-order valence-corrected chi connectivity index (χ3v) is 14.2. The fourth-order valence-corrected chi connectivity index (χ4v) is 7.09. The quantitative estimate of drug-likeness (QED) is 0.287. The molecule has 6 heterocycles. The van der Waals surface area contributed by atoms with Crippen molar-refractivity contribution in [3.63, 3.8) is 0 Å². The van der Waals surface area contributed by atoms with Crippen LogP contribution >= 0.6 is 0 Å². The number of aliphatic hydroxyl groups is 2. The Morgan fingerprint density at radius 1 is 0.809 bits per heavy atom. The minimum Gasteiger partial charge on any atom is -0.407 e. The van der Waals surface area contributed by atoms with E-state index in [0.29, 0.717) is 28.5 Å². The summed E-state index contributed by atoms with van der Waals surface area (Å²) in [7, 11) is -2.19. The van der Waals surface area contributed by atoms with E-state index in [0.717, 1.165) is 6.42 Å². The Morgan fingerprint density at radius 2 is 1.30 bits per heavy atom. The molecule has 47 heavy (non-hydrogen) atoms. The van der Waals surface area contributed by atoms with Crippen LogP contribution in [-0.2, 0) is 13.9 Å². The van der Waals surface area contributed by atoms with Crippen LogP contribution in [0.2, 0.25) is 18.1 Å². The molecule has 0 aromatic carbocycles. The molecule has 4 aromatic heterocycles. The standard InChI is InChI=1S/C19H29N3O4Si.C14H17N3O3/c1-7-13-14(23)15(26-27(5,6)19(2,3)4)18(25-13)22-11-21-16-12(17(22)24)9-8-10-20-16;1-3-10-8(2)11(18)14(20-10)17-7-16-12-9(13(17)19)5-4-6-15-12/h8-11,13-15,18,23H,7H2,1-6H3;4-8,10-11,14,18H,3H2,1-2H3/t13-,14-,15-,18-;8-,10-,11-,14-/m11/s1. The smallest absolute Gasteiger partial charge is 0.265 e. The Bertz CT molecular complexity index is 1830. The molecule has 13 nitrogen and oxygen atoms in total. The second-order valence-corrected chi connectivity index (χ2v) is 18.5. The number of fused-ring (bicyclic) bond motifs is 2. The molecule has 8 atom stereocenters. The number of rotatable bonds is 6. The number of ether oxygens (including phenoxy) is 2. The van der Waals surface area contributed by atoms with Crippen LogP contribution in [0.5, 0.6) is 0 Å². The van der Waals surface area contributed by atoms with Crippen molar-refractivity contribution in [2.75, 3.05) is 0 Å². The van der Waals surface area contributed by atoms with Crippen molar-refractivity contribution in [3.8, 4) is 0 Å². The van der Waals surface area contributed by atoms with E-state index in [9.17, 15) is 19.8 Å². The predicted molar refractivity (Wildman–Crippen MR) is 179 cm³/mol. The van der Waals surface area contributed by atoms with Gasteiger partial charge in [-0.2, -0.15) is 0 Å². The highest BCUT2D eigenvalue weighted by Gasteiger charge is 2.50. The van der Waals surface area contributed by atoms with Crippen molar-refractivity contribution >= 4 is 30.4 Å². The molecule has 2 saturated heterocycles. The predicted octanol–water partition coefficient (Wildman–Crippen LogP) is 3.95. The molecule has 2 aliphatic rings. The maximum Gasteiger partial charge on any atom is 0.265 e. The van der Waals surface area contributed by atoms with Crippen LogP contribution in [0.1, 0.15) is 66.8 Å². The molecular formula is C33H46N6O7Si. The molecule has 254 valence electrons. The van der Waals surface area contributed by atoms with Crippen LogP contribution in [0, 0.1) is 5.92 Å². The second-order valence-electron chi connectivity index (χ2n) is 13.8. The van der Waals surface area contributed by atoms with Crippen molar-refractivity contribution < 1.29 is 24.1 Å². The summed E-state index contributed by atoms with van der Waals surface area (Å²) in [6.45, 7) is 16.6. The van der Waals surface area contributed by atoms with Gasteiger partial charge in [-0.1, -0.05) is 41.5 Å². The maximum atomic E-state index is 13.0. The van der Waals surface area contributed by atoms with E-state index in [1.54, 1.807) is 36.7 Å². The number of aromatic nitrogens is 6. The lowest BCUT2D eigenvalue weighted by Gasteiger charge is -2.40. The molecule has 2 aliphatic heterocycles. The minimum absolute atomic E-state index is 0.0125. The molecule has 4 aromatic rings. The van der Waals surface area contributed by atoms with Gasteiger partial charge < -0.3 is 24.1 Å². The Labute approximate surface area is 274 Å². The summed E-state index contributed by atoms with van der Waals surface area (Å²) in [5, 5.41) is 21.9. The molecule has 0 amide bonds. The molecule has 0 spiro atoms. The van der Waals surface area contributed by atoms with Gasteiger partial charge >= 0.3 is 0 Å². The second kappa shape index (κ2) is 13.6. The van der Waals surface area contributed by atoms with Gasteiger partial charge in [-0.05, 0) is 55.2 Å². The van der Waals surface area contributed by atoms with Crippen LogP contribution in [0.15, 0.2) is 58.9 Å². The van der Waals surface area contributed by atoms with Gasteiger partial charge in [-0.3, -0.25) is 18.7 Å². The number of aliphatic hydroxyl groups excluding tert-OH is 2. The average molecular weight is 667 g/mol. The van der Waals surface area contributed by atoms with E-state index >= 15 is 0 Å². The average Bonchev–Trinajstić information content (AvgIpc) is 3.51. The Morgan fingerprint density at radius 3 is 1.77 bits per heavy atom. The number of nitrogens with zero attached hydrogens (tertiary/aromatic N) is 6. The maximum absolute atomic E-state index is 13.0. The zero-order valence-electron chi connectivity index (χ0n) is 28.3. The summed E-state index contributed by atoms with van der Waals surface area (Å²) >= 11 is 0. The molecule has 6 rings (SSSR count). The topological polar surface area (TPSA) is 164 Å². The molecule has 2 N–H and O–H groups in total. The lowest BCUT2D eigenvalue weighted by atomic mass is 9.99. The Balaban J connectivity index is 0.000000193. The van der Waals surface area contributed by atoms with Crippen molar-refractivity contribution in [2.24, 2.45) is 5.92 Å². The SMILES string of the molecule is CC[C@H]1O[C@@H](n2cnc3ncccc3c2=O)[C@H](O)[C@@H]1C.CC[C@H]1O[C@@H](n2cnc3ncccc3c2=O)[C@H](O[Si](C)(C)C(C)(C)C)[C@@H]1O. The van der Waals surface area contributed by atoms with Crippen molar-refractivity contribution in [1.82, 2.24) is 29.1 Å². The molecule has 0 radical (unpaired) electrons. The first-order valence-corrected chi connectivity index (χ1v) is 19.1. The van der Waals surface area contributed by atoms with Gasteiger partial charge in [0.25, 0.3) is 11.1 Å². The third-order valence-electron chi connectivity index (χ3n) is 9.75. The van der Waals surface area contributed by atoms with E-state index in [2.05, 4.69) is 53.8 Å². The van der Waals surface area contributed by atoms with Crippen molar-refractivity contribution in [2.45, 2.75) is 115 Å². The first-order valence-electron chi connectivity index (χ1n) is 16.2. The zero-order valence-corrected chi connectivity index (χ0v) is 29.3. The van der Waals surface area contributed by atoms with Gasteiger partial charge in [0.2, 0.25) is 0 Å². The highest BCUT2D eigenvalue weighted by atomic mass is 28.4. The number of pyridine rings is 2. The van der Waals surface area contributed by atoms with E-state index in [1.165, 1.54) is 21.8 Å². The molecule has 0 saturated carbocycles. The van der Waals surface area contributed by atoms with Gasteiger partial charge in [0.05, 0.1) is 23.0 Å². The van der Waals surface area contributed by atoms with E-state index < -0.39 is 39.1 Å². The lowest BCUT2D eigenvalue weighted by molar-refractivity contribution is -0.0399. The largest absolute Gasteiger partial charge is 0.407 e. The van der Waals surface area contributed by atoms with Gasteiger partial charge in [0, 0.05) is 18.3 Å². The Hall–Kier alpha value is -3.40. The summed E-state index contributed by atoms with van der Waals surface area (Å²) in [6.07, 6.45) is 3.49. The summed E-state index contributed by atoms with van der Waals surface area (Å²) in [5.41, 5.74) is 0.314. The van der Waals surface area contributed by atoms with E-state index in [-0.39, 0.29) is 34.3 Å². The molecule has 14 heteroatoms. The highest BCUT2D eigenvalue weighted by Crippen LogP contribution is 2.42. The summed E-state index contributed by atoms with van der Waals surface area (Å²) in [4.78, 5) is 42.1. The van der Waals surface area contributed by atoms with Crippen LogP contribution < -0.4 is 11.1 Å². The van der Waals surface area contributed by atoms with Gasteiger partial charge in [0.15, 0.2) is 32.1 Å². The first kappa shape index (κ1) is 34.9. The first-order chi connectivity index (χ1) is 22.2. The van der Waals surface area contributed by atoms with Crippen molar-refractivity contribution in [1.29, 1.82) is 0 Å². The van der Waals surface area contributed by atoms with Gasteiger partial charge in [0.1, 0.15) is 31.0 Å². The molecule has 2 fully saturated rings. The fraction of sp³-hybridized carbons (Fsp3) is 0.576. The summed E-state index contributed by atoms with van der Waals surface area (Å²) < 4.78 is 21.2. The number of hydrogen-bond donors (Lipinski definition) is 2. The normalized spacial score (nSPS) is 28.0.